The van der Waals surface area contributed by atoms with Gasteiger partial charge in [0.2, 0.25) is 0 Å². The molecule has 7 heteroatoms. The third-order valence-corrected chi connectivity index (χ3v) is 4.17. The number of carbonyl (C=O) groups excluding carboxylic acids is 3. The number of ketones is 1. The fourth-order valence-electron chi connectivity index (χ4n) is 2.69. The number of Topliss-reactive ketones (excluding diaryl/α,β-unsaturated/α-hetero) is 1. The van der Waals surface area contributed by atoms with Gasteiger partial charge in [0.25, 0.3) is 5.91 Å². The monoisotopic (exact) mass is 334 g/mol. The molecule has 1 aromatic heterocycles. The Morgan fingerprint density at radius 2 is 1.84 bits per heavy atom. The maximum absolute atomic E-state index is 12.8. The lowest BCUT2D eigenvalue weighted by Gasteiger charge is -2.22. The Labute approximate surface area is 143 Å². The van der Waals surface area contributed by atoms with Crippen LogP contribution in [0.25, 0.3) is 0 Å². The smallest absolute Gasteiger partial charge is 0.319 e. The molecule has 1 N–H and O–H groups in total. The number of imide groups is 1. The Morgan fingerprint density at radius 3 is 2.44 bits per heavy atom. The summed E-state index contributed by atoms with van der Waals surface area (Å²) in [6, 6.07) is 10.8. The van der Waals surface area contributed by atoms with E-state index >= 15 is 0 Å². The number of amides is 3. The molecule has 1 aliphatic heterocycles. The van der Waals surface area contributed by atoms with Crippen molar-refractivity contribution in [1.29, 1.82) is 5.26 Å². The highest BCUT2D eigenvalue weighted by atomic mass is 16.2. The van der Waals surface area contributed by atoms with Crippen molar-refractivity contribution in [1.82, 2.24) is 15.2 Å². The molecule has 0 aliphatic carbocycles. The minimum atomic E-state index is -1.27. The van der Waals surface area contributed by atoms with E-state index in [2.05, 4.69) is 10.3 Å². The van der Waals surface area contributed by atoms with E-state index in [-0.39, 0.29) is 12.3 Å². The van der Waals surface area contributed by atoms with E-state index < -0.39 is 17.5 Å². The van der Waals surface area contributed by atoms with Gasteiger partial charge in [-0.1, -0.05) is 12.1 Å². The van der Waals surface area contributed by atoms with Crippen LogP contribution in [0.2, 0.25) is 0 Å². The molecule has 3 rings (SSSR count). The quantitative estimate of drug-likeness (QED) is 0.676. The number of nitriles is 1. The number of hydrogen-bond donors (Lipinski definition) is 1. The van der Waals surface area contributed by atoms with E-state index in [1.165, 1.54) is 24.5 Å². The molecule has 0 spiro atoms. The summed E-state index contributed by atoms with van der Waals surface area (Å²) in [5, 5.41) is 11.5. The lowest BCUT2D eigenvalue weighted by Crippen LogP contribution is -2.41. The highest BCUT2D eigenvalue weighted by Crippen LogP contribution is 2.29. The van der Waals surface area contributed by atoms with Gasteiger partial charge in [0.05, 0.1) is 18.2 Å². The van der Waals surface area contributed by atoms with Crippen molar-refractivity contribution in [2.45, 2.75) is 12.5 Å². The second-order valence-corrected chi connectivity index (χ2v) is 5.79. The van der Waals surface area contributed by atoms with Gasteiger partial charge in [-0.3, -0.25) is 19.5 Å². The predicted octanol–water partition coefficient (Wildman–Crippen LogP) is 1.60. The summed E-state index contributed by atoms with van der Waals surface area (Å²) in [5.41, 5.74) is 0.101. The molecule has 0 bridgehead atoms. The second kappa shape index (κ2) is 6.17. The summed E-state index contributed by atoms with van der Waals surface area (Å²) < 4.78 is 0. The van der Waals surface area contributed by atoms with Crippen LogP contribution in [0.5, 0.6) is 0 Å². The molecule has 1 fully saturated rings. The van der Waals surface area contributed by atoms with Crippen molar-refractivity contribution >= 4 is 17.7 Å². The first-order valence-electron chi connectivity index (χ1n) is 7.53. The van der Waals surface area contributed by atoms with Crippen LogP contribution in [-0.2, 0) is 10.3 Å². The Morgan fingerprint density at radius 1 is 1.20 bits per heavy atom. The molecule has 1 atom stereocenters. The van der Waals surface area contributed by atoms with E-state index in [1.807, 2.05) is 6.07 Å². The Hall–Kier alpha value is -3.53. The van der Waals surface area contributed by atoms with Crippen LogP contribution in [0.15, 0.2) is 48.8 Å². The van der Waals surface area contributed by atoms with Crippen LogP contribution in [0.1, 0.15) is 28.4 Å². The lowest BCUT2D eigenvalue weighted by atomic mass is 9.91. The standard InChI is InChI=1S/C18H14N4O3/c1-18(14-4-2-12(10-19)3-5-14)16(24)22(17(25)21-18)11-15(23)13-6-8-20-9-7-13/h2-9H,11H2,1H3,(H,21,25). The Balaban J connectivity index is 1.84. The van der Waals surface area contributed by atoms with Gasteiger partial charge >= 0.3 is 6.03 Å². The number of aromatic nitrogens is 1. The van der Waals surface area contributed by atoms with Gasteiger partial charge in [-0.2, -0.15) is 5.26 Å². The Kier molecular flexibility index (Phi) is 4.03. The zero-order valence-corrected chi connectivity index (χ0v) is 13.4. The molecule has 7 nitrogen and oxygen atoms in total. The van der Waals surface area contributed by atoms with Gasteiger partial charge in [0, 0.05) is 18.0 Å². The first-order valence-corrected chi connectivity index (χ1v) is 7.53. The molecule has 1 saturated heterocycles. The Bertz CT molecular complexity index is 887. The van der Waals surface area contributed by atoms with Crippen LogP contribution in [-0.4, -0.2) is 34.2 Å². The molecule has 2 aromatic rings. The molecule has 3 amide bonds. The average Bonchev–Trinajstić information content (AvgIpc) is 2.86. The molecular formula is C18H14N4O3. The lowest BCUT2D eigenvalue weighted by molar-refractivity contribution is -0.130. The van der Waals surface area contributed by atoms with Crippen LogP contribution in [0.4, 0.5) is 4.79 Å². The number of rotatable bonds is 4. The first-order chi connectivity index (χ1) is 12.0. The van der Waals surface area contributed by atoms with Crippen molar-refractivity contribution in [3.05, 3.63) is 65.5 Å². The van der Waals surface area contributed by atoms with Crippen molar-refractivity contribution < 1.29 is 14.4 Å². The fraction of sp³-hybridized carbons (Fsp3) is 0.167. The summed E-state index contributed by atoms with van der Waals surface area (Å²) in [5.74, 6) is -0.861. The van der Waals surface area contributed by atoms with Gasteiger partial charge in [-0.05, 0) is 36.8 Å². The normalized spacial score (nSPS) is 19.4. The summed E-state index contributed by atoms with van der Waals surface area (Å²) in [6.45, 7) is 1.23. The molecule has 2 heterocycles. The minimum Gasteiger partial charge on any atom is -0.319 e. The maximum Gasteiger partial charge on any atom is 0.325 e. The van der Waals surface area contributed by atoms with Gasteiger partial charge in [0.1, 0.15) is 5.54 Å². The van der Waals surface area contributed by atoms with Gasteiger partial charge < -0.3 is 5.32 Å². The van der Waals surface area contributed by atoms with E-state index in [4.69, 9.17) is 5.26 Å². The van der Waals surface area contributed by atoms with E-state index in [9.17, 15) is 14.4 Å². The van der Waals surface area contributed by atoms with Crippen molar-refractivity contribution in [3.63, 3.8) is 0 Å². The van der Waals surface area contributed by atoms with Crippen LogP contribution in [0, 0.1) is 11.3 Å². The molecule has 124 valence electrons. The molecule has 0 saturated carbocycles. The van der Waals surface area contributed by atoms with E-state index in [0.29, 0.717) is 16.7 Å². The average molecular weight is 334 g/mol. The van der Waals surface area contributed by atoms with Crippen molar-refractivity contribution in [2.24, 2.45) is 0 Å². The third kappa shape index (κ3) is 2.85. The number of pyridine rings is 1. The molecular weight excluding hydrogens is 320 g/mol. The second-order valence-electron chi connectivity index (χ2n) is 5.79. The topological polar surface area (TPSA) is 103 Å². The zero-order chi connectivity index (χ0) is 18.0. The summed E-state index contributed by atoms with van der Waals surface area (Å²) >= 11 is 0. The minimum absolute atomic E-state index is 0.347. The highest BCUT2D eigenvalue weighted by Gasteiger charge is 2.49. The summed E-state index contributed by atoms with van der Waals surface area (Å²) in [7, 11) is 0. The molecule has 25 heavy (non-hydrogen) atoms. The largest absolute Gasteiger partial charge is 0.325 e. The molecule has 1 unspecified atom stereocenters. The first kappa shape index (κ1) is 16.3. The van der Waals surface area contributed by atoms with Crippen molar-refractivity contribution in [3.8, 4) is 6.07 Å². The molecule has 1 aliphatic rings. The summed E-state index contributed by atoms with van der Waals surface area (Å²) in [6.07, 6.45) is 2.94. The third-order valence-electron chi connectivity index (χ3n) is 4.17. The number of carbonyl (C=O) groups is 3. The van der Waals surface area contributed by atoms with E-state index in [1.54, 1.807) is 31.2 Å². The SMILES string of the molecule is CC1(c2ccc(C#N)cc2)NC(=O)N(CC(=O)c2ccncc2)C1=O. The number of nitrogens with one attached hydrogen (secondary N) is 1. The number of hydrogen-bond acceptors (Lipinski definition) is 5. The number of urea groups is 1. The molecule has 1 aromatic carbocycles. The van der Waals surface area contributed by atoms with Crippen LogP contribution >= 0.6 is 0 Å². The van der Waals surface area contributed by atoms with Crippen LogP contribution < -0.4 is 5.32 Å². The maximum atomic E-state index is 12.8. The van der Waals surface area contributed by atoms with Crippen LogP contribution in [0.3, 0.4) is 0 Å². The zero-order valence-electron chi connectivity index (χ0n) is 13.4. The van der Waals surface area contributed by atoms with Gasteiger partial charge in [-0.25, -0.2) is 4.79 Å². The van der Waals surface area contributed by atoms with Gasteiger partial charge in [-0.15, -0.1) is 0 Å². The van der Waals surface area contributed by atoms with E-state index in [0.717, 1.165) is 4.90 Å². The summed E-state index contributed by atoms with van der Waals surface area (Å²) in [4.78, 5) is 42.0. The number of nitrogens with zero attached hydrogens (tertiary/aromatic N) is 3. The van der Waals surface area contributed by atoms with Crippen molar-refractivity contribution in [2.75, 3.05) is 6.54 Å². The van der Waals surface area contributed by atoms with Gasteiger partial charge in [0.15, 0.2) is 5.78 Å². The highest BCUT2D eigenvalue weighted by molar-refractivity contribution is 6.11. The predicted molar refractivity (Wildman–Crippen MR) is 87.3 cm³/mol. The fourth-order valence-corrected chi connectivity index (χ4v) is 2.69. The number of benzene rings is 1. The molecule has 0 radical (unpaired) electrons.